The molecule has 3 N–H and O–H groups in total. The number of nitrogen functional groups attached to an aromatic ring is 1. The van der Waals surface area contributed by atoms with Crippen LogP contribution < -0.4 is 11.1 Å². The maximum Gasteiger partial charge on any atom is 0.358 e. The number of ether oxygens (including phenoxy) is 2. The summed E-state index contributed by atoms with van der Waals surface area (Å²) in [6.07, 6.45) is 0.596. The minimum Gasteiger partial charge on any atom is -0.425 e. The lowest BCUT2D eigenvalue weighted by molar-refractivity contribution is -0.186. The van der Waals surface area contributed by atoms with Crippen molar-refractivity contribution in [1.29, 1.82) is 0 Å². The van der Waals surface area contributed by atoms with Gasteiger partial charge in [-0.15, -0.1) is 23.1 Å². The first-order chi connectivity index (χ1) is 16.2. The van der Waals surface area contributed by atoms with E-state index >= 15 is 0 Å². The van der Waals surface area contributed by atoms with E-state index in [-0.39, 0.29) is 28.7 Å². The van der Waals surface area contributed by atoms with E-state index in [1.165, 1.54) is 42.2 Å². The maximum atomic E-state index is 13.0. The number of nitrogens with two attached hydrogens (primary N) is 1. The van der Waals surface area contributed by atoms with Crippen molar-refractivity contribution in [2.24, 2.45) is 5.16 Å². The molecule has 3 rings (SSSR count). The molecule has 1 fully saturated rings. The topological polar surface area (TPSA) is 163 Å². The van der Waals surface area contributed by atoms with Crippen LogP contribution in [0, 0.1) is 0 Å². The van der Waals surface area contributed by atoms with Crippen molar-refractivity contribution in [2.45, 2.75) is 38.0 Å². The predicted molar refractivity (Wildman–Crippen MR) is 124 cm³/mol. The molecule has 2 amide bonds. The SMILES string of the molecule is C=CC1=C(C(=O)OC(CC)OC(C)=O)N2C(=O)C(NC(=O)C(=NOC)c3csc(N)n3)[C@@H]2SC1. The van der Waals surface area contributed by atoms with Gasteiger partial charge in [0.2, 0.25) is 6.29 Å². The molecule has 3 heterocycles. The highest BCUT2D eigenvalue weighted by Crippen LogP contribution is 2.41. The Balaban J connectivity index is 1.77. The standard InChI is InChI=1S/C20H23N5O7S2/c1-5-10-7-33-18-14(23-16(27)13(24-30-4)11-8-34-20(21)22-11)17(28)25(18)15(10)19(29)32-12(6-2)31-9(3)26/h5,8,12,14,18H,1,6-7H2,2-4H3,(H2,21,22)(H,23,27)/t12?,14?,18-/m0/s1. The summed E-state index contributed by atoms with van der Waals surface area (Å²) in [7, 11) is 1.27. The number of hydrogen-bond donors (Lipinski definition) is 2. The molecule has 34 heavy (non-hydrogen) atoms. The highest BCUT2D eigenvalue weighted by molar-refractivity contribution is 8.00. The Morgan fingerprint density at radius 2 is 2.18 bits per heavy atom. The number of carbonyl (C=O) groups is 4. The molecule has 0 saturated carbocycles. The third kappa shape index (κ3) is 5.07. The second-order valence-corrected chi connectivity index (χ2v) is 8.98. The van der Waals surface area contributed by atoms with Gasteiger partial charge in [-0.2, -0.15) is 0 Å². The van der Waals surface area contributed by atoms with E-state index in [2.05, 4.69) is 22.0 Å². The van der Waals surface area contributed by atoms with Crippen molar-refractivity contribution in [3.63, 3.8) is 0 Å². The lowest BCUT2D eigenvalue weighted by Crippen LogP contribution is -2.71. The number of aromatic nitrogens is 1. The fourth-order valence-corrected chi connectivity index (χ4v) is 5.13. The number of fused-ring (bicyclic) bond motifs is 1. The Kier molecular flexibility index (Phi) is 7.94. The first-order valence-electron chi connectivity index (χ1n) is 10.0. The van der Waals surface area contributed by atoms with Crippen LogP contribution in [0.15, 0.2) is 34.5 Å². The monoisotopic (exact) mass is 509 g/mol. The summed E-state index contributed by atoms with van der Waals surface area (Å²) >= 11 is 2.47. The number of thioether (sulfide) groups is 1. The van der Waals surface area contributed by atoms with Crippen molar-refractivity contribution in [2.75, 3.05) is 18.6 Å². The summed E-state index contributed by atoms with van der Waals surface area (Å²) in [6, 6.07) is -0.930. The molecule has 2 aliphatic heterocycles. The summed E-state index contributed by atoms with van der Waals surface area (Å²) in [4.78, 5) is 60.0. The second kappa shape index (κ2) is 10.7. The highest BCUT2D eigenvalue weighted by Gasteiger charge is 2.54. The molecule has 0 bridgehead atoms. The number of nitrogens with zero attached hydrogens (tertiary/aromatic N) is 3. The molecule has 14 heteroatoms. The normalized spacial score (nSPS) is 20.6. The number of amides is 2. The van der Waals surface area contributed by atoms with Gasteiger partial charge in [-0.3, -0.25) is 19.3 Å². The van der Waals surface area contributed by atoms with Crippen LogP contribution in [0.3, 0.4) is 0 Å². The molecule has 2 aliphatic rings. The van der Waals surface area contributed by atoms with Crippen molar-refractivity contribution < 1.29 is 33.5 Å². The van der Waals surface area contributed by atoms with Gasteiger partial charge in [0.25, 0.3) is 11.8 Å². The van der Waals surface area contributed by atoms with Crippen LogP contribution in [0.1, 0.15) is 26.0 Å². The first kappa shape index (κ1) is 25.2. The minimum atomic E-state index is -1.10. The number of β-lactam (4-membered cyclic amide) rings is 1. The number of thiazole rings is 1. The van der Waals surface area contributed by atoms with Crippen LogP contribution in [0.5, 0.6) is 0 Å². The molecular weight excluding hydrogens is 486 g/mol. The van der Waals surface area contributed by atoms with E-state index < -0.39 is 41.5 Å². The molecule has 0 aliphatic carbocycles. The van der Waals surface area contributed by atoms with E-state index in [1.807, 2.05) is 0 Å². The summed E-state index contributed by atoms with van der Waals surface area (Å²) in [5, 5.41) is 7.54. The molecule has 1 aromatic heterocycles. The number of esters is 2. The van der Waals surface area contributed by atoms with Gasteiger partial charge in [0, 0.05) is 24.5 Å². The van der Waals surface area contributed by atoms with E-state index in [4.69, 9.17) is 20.0 Å². The van der Waals surface area contributed by atoms with Crippen LogP contribution in [0.25, 0.3) is 0 Å². The molecule has 1 aromatic rings. The Labute approximate surface area is 203 Å². The van der Waals surface area contributed by atoms with Crippen molar-refractivity contribution in [3.8, 4) is 0 Å². The van der Waals surface area contributed by atoms with Crippen molar-refractivity contribution in [1.82, 2.24) is 15.2 Å². The molecule has 182 valence electrons. The number of carbonyl (C=O) groups excluding carboxylic acids is 4. The minimum absolute atomic E-state index is 0.00194. The molecule has 0 spiro atoms. The Hall–Kier alpha value is -3.39. The fourth-order valence-electron chi connectivity index (χ4n) is 3.24. The van der Waals surface area contributed by atoms with Crippen LogP contribution in [-0.2, 0) is 33.5 Å². The fraction of sp³-hybridized carbons (Fsp3) is 0.400. The molecule has 1 saturated heterocycles. The third-order valence-electron chi connectivity index (χ3n) is 4.76. The lowest BCUT2D eigenvalue weighted by atomic mass is 10.0. The van der Waals surface area contributed by atoms with Crippen LogP contribution in [-0.4, -0.2) is 69.9 Å². The average Bonchev–Trinajstić information content (AvgIpc) is 3.24. The van der Waals surface area contributed by atoms with Gasteiger partial charge in [-0.25, -0.2) is 9.78 Å². The second-order valence-electron chi connectivity index (χ2n) is 6.98. The zero-order valence-electron chi connectivity index (χ0n) is 18.6. The van der Waals surface area contributed by atoms with Gasteiger partial charge in [-0.05, 0) is 5.57 Å². The number of nitrogens with one attached hydrogen (secondary N) is 1. The number of allylic oxidation sites excluding steroid dienone is 1. The Morgan fingerprint density at radius 1 is 1.44 bits per heavy atom. The number of oxime groups is 1. The Bertz CT molecular complexity index is 1080. The van der Waals surface area contributed by atoms with Crippen LogP contribution in [0.4, 0.5) is 5.13 Å². The summed E-state index contributed by atoms with van der Waals surface area (Å²) < 4.78 is 10.3. The molecule has 0 radical (unpaired) electrons. The average molecular weight is 510 g/mol. The Morgan fingerprint density at radius 3 is 2.74 bits per heavy atom. The predicted octanol–water partition coefficient (Wildman–Crippen LogP) is 0.758. The van der Waals surface area contributed by atoms with E-state index in [0.29, 0.717) is 11.3 Å². The summed E-state index contributed by atoms with van der Waals surface area (Å²) in [5.41, 5.74) is 6.18. The summed E-state index contributed by atoms with van der Waals surface area (Å²) in [6.45, 7) is 6.58. The van der Waals surface area contributed by atoms with Crippen molar-refractivity contribution in [3.05, 3.63) is 35.0 Å². The van der Waals surface area contributed by atoms with Gasteiger partial charge < -0.3 is 25.4 Å². The molecule has 2 unspecified atom stereocenters. The zero-order chi connectivity index (χ0) is 25.0. The van der Waals surface area contributed by atoms with Gasteiger partial charge in [0.1, 0.15) is 29.9 Å². The van der Waals surface area contributed by atoms with Crippen molar-refractivity contribution >= 4 is 57.7 Å². The van der Waals surface area contributed by atoms with E-state index in [1.54, 1.807) is 6.92 Å². The van der Waals surface area contributed by atoms with E-state index in [0.717, 1.165) is 11.3 Å². The quantitative estimate of drug-likeness (QED) is 0.160. The van der Waals surface area contributed by atoms with Gasteiger partial charge in [0.05, 0.1) is 0 Å². The zero-order valence-corrected chi connectivity index (χ0v) is 20.2. The number of rotatable bonds is 9. The molecular formula is C20H23N5O7S2. The van der Waals surface area contributed by atoms with E-state index in [9.17, 15) is 19.2 Å². The molecule has 0 aromatic carbocycles. The largest absolute Gasteiger partial charge is 0.425 e. The van der Waals surface area contributed by atoms with Gasteiger partial charge in [-0.1, -0.05) is 24.7 Å². The van der Waals surface area contributed by atoms with Crippen LogP contribution >= 0.6 is 23.1 Å². The first-order valence-corrected chi connectivity index (χ1v) is 12.0. The lowest BCUT2D eigenvalue weighted by Gasteiger charge is -2.49. The van der Waals surface area contributed by atoms with Gasteiger partial charge >= 0.3 is 11.9 Å². The smallest absolute Gasteiger partial charge is 0.358 e. The molecule has 12 nitrogen and oxygen atoms in total. The summed E-state index contributed by atoms with van der Waals surface area (Å²) in [5.74, 6) is -2.29. The number of hydrogen-bond acceptors (Lipinski definition) is 12. The molecule has 3 atom stereocenters. The highest BCUT2D eigenvalue weighted by atomic mass is 32.2. The maximum absolute atomic E-state index is 13.0. The van der Waals surface area contributed by atoms with Crippen LogP contribution in [0.2, 0.25) is 0 Å². The number of anilines is 1. The third-order valence-corrected chi connectivity index (χ3v) is 6.73. The van der Waals surface area contributed by atoms with Gasteiger partial charge in [0.15, 0.2) is 10.8 Å².